The minimum absolute atomic E-state index is 0.468. The van der Waals surface area contributed by atoms with E-state index in [0.717, 1.165) is 22.7 Å². The maximum atomic E-state index is 2.51. The number of rotatable bonds is 5. The summed E-state index contributed by atoms with van der Waals surface area (Å²) in [7, 11) is 0. The van der Waals surface area contributed by atoms with Crippen LogP contribution in [0, 0.1) is 0 Å². The molecule has 0 N–H and O–H groups in total. The van der Waals surface area contributed by atoms with Gasteiger partial charge in [-0.15, -0.1) is 0 Å². The Bertz CT molecular complexity index is 4170. The summed E-state index contributed by atoms with van der Waals surface area (Å²) in [6.45, 7) is 0. The highest BCUT2D eigenvalue weighted by molar-refractivity contribution is 6.26. The largest absolute Gasteiger partial charge is 0.310 e. The molecule has 2 heteroatoms. The van der Waals surface area contributed by atoms with Crippen molar-refractivity contribution in [3.63, 3.8) is 0 Å². The van der Waals surface area contributed by atoms with Crippen LogP contribution in [-0.2, 0) is 5.41 Å². The Hall–Kier alpha value is -8.98. The maximum absolute atomic E-state index is 2.51. The van der Waals surface area contributed by atoms with Crippen LogP contribution in [0.5, 0.6) is 0 Å². The first kappa shape index (κ1) is 38.2. The third-order valence-electron chi connectivity index (χ3n) is 15.4. The molecule has 1 spiro atoms. The number of fused-ring (bicyclic) bond motifs is 19. The molecule has 1 aromatic heterocycles. The Morgan fingerprint density at radius 1 is 0.275 bits per heavy atom. The van der Waals surface area contributed by atoms with E-state index in [2.05, 4.69) is 264 Å². The monoisotopic (exact) mass is 874 g/mol. The van der Waals surface area contributed by atoms with Gasteiger partial charge in [0.25, 0.3) is 0 Å². The smallest absolute Gasteiger partial charge is 0.0726 e. The molecule has 2 aliphatic carbocycles. The number of benzene rings is 12. The van der Waals surface area contributed by atoms with Crippen LogP contribution in [0.15, 0.2) is 255 Å². The highest BCUT2D eigenvalue weighted by Gasteiger charge is 2.51. The fraction of sp³-hybridized carbons (Fsp3) is 0.0149. The molecule has 2 nitrogen and oxygen atoms in total. The van der Waals surface area contributed by atoms with Crippen LogP contribution < -0.4 is 4.90 Å². The van der Waals surface area contributed by atoms with Gasteiger partial charge in [-0.2, -0.15) is 0 Å². The van der Waals surface area contributed by atoms with Gasteiger partial charge in [0.15, 0.2) is 0 Å². The minimum Gasteiger partial charge on any atom is -0.310 e. The van der Waals surface area contributed by atoms with Gasteiger partial charge in [0.1, 0.15) is 0 Å². The summed E-state index contributed by atoms with van der Waals surface area (Å²) >= 11 is 0. The number of anilines is 3. The molecule has 12 aromatic carbocycles. The van der Waals surface area contributed by atoms with Crippen LogP contribution in [0.4, 0.5) is 17.1 Å². The van der Waals surface area contributed by atoms with Crippen LogP contribution in [-0.4, -0.2) is 4.57 Å². The summed E-state index contributed by atoms with van der Waals surface area (Å²) in [4.78, 5) is 2.50. The van der Waals surface area contributed by atoms with Crippen LogP contribution in [0.3, 0.4) is 0 Å². The Morgan fingerprint density at radius 2 is 0.739 bits per heavy atom. The van der Waals surface area contributed by atoms with E-state index in [0.29, 0.717) is 0 Å². The summed E-state index contributed by atoms with van der Waals surface area (Å²) in [5.41, 5.74) is 19.3. The van der Waals surface area contributed by atoms with Gasteiger partial charge >= 0.3 is 0 Å². The van der Waals surface area contributed by atoms with Gasteiger partial charge in [-0.05, 0) is 149 Å². The first-order valence-corrected chi connectivity index (χ1v) is 24.0. The molecule has 0 amide bonds. The van der Waals surface area contributed by atoms with Crippen molar-refractivity contribution in [2.45, 2.75) is 5.41 Å². The second kappa shape index (κ2) is 14.5. The first-order chi connectivity index (χ1) is 34.3. The van der Waals surface area contributed by atoms with E-state index in [9.17, 15) is 0 Å². The lowest BCUT2D eigenvalue weighted by atomic mass is 9.70. The molecule has 0 saturated heterocycles. The molecule has 15 rings (SSSR count). The molecule has 2 aliphatic rings. The van der Waals surface area contributed by atoms with Gasteiger partial charge in [0.05, 0.1) is 16.4 Å². The Morgan fingerprint density at radius 3 is 1.41 bits per heavy atom. The van der Waals surface area contributed by atoms with Crippen LogP contribution in [0.2, 0.25) is 0 Å². The van der Waals surface area contributed by atoms with Gasteiger partial charge < -0.3 is 9.47 Å². The number of hydrogen-bond acceptors (Lipinski definition) is 1. The quantitative estimate of drug-likeness (QED) is 0.156. The summed E-state index contributed by atoms with van der Waals surface area (Å²) in [6.07, 6.45) is 0. The molecule has 0 aliphatic heterocycles. The zero-order valence-corrected chi connectivity index (χ0v) is 37.6. The average molecular weight is 875 g/mol. The van der Waals surface area contributed by atoms with E-state index in [1.54, 1.807) is 0 Å². The van der Waals surface area contributed by atoms with Crippen molar-refractivity contribution >= 4 is 71.2 Å². The Balaban J connectivity index is 1.000. The maximum Gasteiger partial charge on any atom is 0.0726 e. The first-order valence-electron chi connectivity index (χ1n) is 24.0. The highest BCUT2D eigenvalue weighted by Crippen LogP contribution is 2.63. The van der Waals surface area contributed by atoms with Crippen molar-refractivity contribution in [1.82, 2.24) is 4.57 Å². The second-order valence-corrected chi connectivity index (χ2v) is 18.7. The molecule has 0 saturated carbocycles. The molecule has 320 valence electrons. The average Bonchev–Trinajstić information content (AvgIpc) is 4.03. The molecule has 0 fully saturated rings. The van der Waals surface area contributed by atoms with Gasteiger partial charge in [-0.25, -0.2) is 0 Å². The molecule has 0 bridgehead atoms. The van der Waals surface area contributed by atoms with Gasteiger partial charge in [0.2, 0.25) is 0 Å². The number of nitrogens with zero attached hydrogens (tertiary/aromatic N) is 2. The minimum atomic E-state index is -0.468. The predicted molar refractivity (Wildman–Crippen MR) is 290 cm³/mol. The zero-order chi connectivity index (χ0) is 45.2. The van der Waals surface area contributed by atoms with Crippen molar-refractivity contribution in [3.8, 4) is 39.1 Å². The van der Waals surface area contributed by atoms with Crippen molar-refractivity contribution in [1.29, 1.82) is 0 Å². The van der Waals surface area contributed by atoms with Crippen LogP contribution in [0.25, 0.3) is 93.2 Å². The van der Waals surface area contributed by atoms with Gasteiger partial charge in [0, 0.05) is 33.5 Å². The topological polar surface area (TPSA) is 8.17 Å². The van der Waals surface area contributed by atoms with E-state index >= 15 is 0 Å². The third-order valence-corrected chi connectivity index (χ3v) is 15.4. The summed E-state index contributed by atoms with van der Waals surface area (Å²) in [5.74, 6) is 0. The molecular formula is C67H42N2. The second-order valence-electron chi connectivity index (χ2n) is 18.7. The Kier molecular flexibility index (Phi) is 8.02. The SMILES string of the molecule is c1ccc(-n2c3ccccc3c3c(-c4cccc(N(c5ccc6c(c5)C5(c7ccccc7-c7ccccc75)c5ccccc5-6)c5ccc6c7ccccc7c7ccccc7c6c5)c4)cccc32)cc1. The van der Waals surface area contributed by atoms with Crippen LogP contribution in [0.1, 0.15) is 22.3 Å². The lowest BCUT2D eigenvalue weighted by Crippen LogP contribution is -2.26. The van der Waals surface area contributed by atoms with E-state index in [1.807, 2.05) is 0 Å². The molecular weight excluding hydrogens is 833 g/mol. The molecule has 69 heavy (non-hydrogen) atoms. The summed E-state index contributed by atoms with van der Waals surface area (Å²) in [6, 6.07) is 95.0. The molecule has 0 atom stereocenters. The third kappa shape index (κ3) is 5.26. The van der Waals surface area contributed by atoms with Crippen molar-refractivity contribution in [3.05, 3.63) is 277 Å². The van der Waals surface area contributed by atoms with E-state index in [-0.39, 0.29) is 0 Å². The summed E-state index contributed by atoms with van der Waals surface area (Å²) in [5, 5.41) is 10.1. The normalized spacial score (nSPS) is 13.0. The van der Waals surface area contributed by atoms with Gasteiger partial charge in [-0.3, -0.25) is 0 Å². The molecule has 0 unspecified atom stereocenters. The van der Waals surface area contributed by atoms with E-state index in [1.165, 1.54) is 110 Å². The number of para-hydroxylation sites is 2. The lowest BCUT2D eigenvalue weighted by Gasteiger charge is -2.32. The molecule has 0 radical (unpaired) electrons. The number of aromatic nitrogens is 1. The lowest BCUT2D eigenvalue weighted by molar-refractivity contribution is 0.793. The number of hydrogen-bond donors (Lipinski definition) is 0. The van der Waals surface area contributed by atoms with E-state index < -0.39 is 5.41 Å². The van der Waals surface area contributed by atoms with Crippen molar-refractivity contribution in [2.75, 3.05) is 4.90 Å². The Labute approximate surface area is 400 Å². The van der Waals surface area contributed by atoms with E-state index in [4.69, 9.17) is 0 Å². The van der Waals surface area contributed by atoms with Crippen molar-refractivity contribution in [2.24, 2.45) is 0 Å². The van der Waals surface area contributed by atoms with Crippen LogP contribution >= 0.6 is 0 Å². The standard InChI is InChI=1S/C67H42N2/c1-2-19-44(20-3-1)69-64-34-15-11-29-58(64)66-48(30-17-35-65(66)69)43-18-16-21-45(40-43)68(46-36-38-53-51-24-5-4-22-49(51)50-23-6-7-25-52(50)59(53)41-46)47-37-39-57-56-28-10-14-33-62(56)67(63(57)42-47)60-31-12-8-26-54(60)55-27-9-13-32-61(55)67/h1-42H. The highest BCUT2D eigenvalue weighted by atomic mass is 15.1. The summed E-state index contributed by atoms with van der Waals surface area (Å²) < 4.78 is 2.41. The fourth-order valence-electron chi connectivity index (χ4n) is 12.6. The van der Waals surface area contributed by atoms with Crippen molar-refractivity contribution < 1.29 is 0 Å². The predicted octanol–water partition coefficient (Wildman–Crippen LogP) is 17.7. The molecule has 1 heterocycles. The van der Waals surface area contributed by atoms with Gasteiger partial charge in [-0.1, -0.05) is 194 Å². The fourth-order valence-corrected chi connectivity index (χ4v) is 12.6. The zero-order valence-electron chi connectivity index (χ0n) is 37.6. The molecule has 13 aromatic rings.